The molecule has 2 aromatic carbocycles. The van der Waals surface area contributed by atoms with E-state index in [0.29, 0.717) is 29.4 Å². The number of benzene rings is 2. The Hall–Kier alpha value is -2.31. The number of nitrogens with zero attached hydrogens (tertiary/aromatic N) is 1. The second kappa shape index (κ2) is 7.51. The lowest BCUT2D eigenvalue weighted by molar-refractivity contribution is -0.111. The van der Waals surface area contributed by atoms with E-state index in [1.54, 1.807) is 30.3 Å². The zero-order valence-electron chi connectivity index (χ0n) is 14.3. The number of aryl methyl sites for hydroxylation is 1. The SMILES string of the molecule is Cc1ccc(N2CCCS2(=O)=O)cc1NC(=O)/C=C/c1ccccc1Cl. The van der Waals surface area contributed by atoms with Crippen molar-refractivity contribution < 1.29 is 13.2 Å². The first kappa shape index (κ1) is 18.5. The Balaban J connectivity index is 1.78. The monoisotopic (exact) mass is 390 g/mol. The van der Waals surface area contributed by atoms with Crippen LogP contribution in [0.1, 0.15) is 17.5 Å². The number of carbonyl (C=O) groups excluding carboxylic acids is 1. The van der Waals surface area contributed by atoms with Gasteiger partial charge in [-0.1, -0.05) is 35.9 Å². The number of anilines is 2. The molecule has 0 spiro atoms. The Morgan fingerprint density at radius 3 is 2.69 bits per heavy atom. The van der Waals surface area contributed by atoms with Crippen molar-refractivity contribution >= 4 is 45.0 Å². The predicted molar refractivity (Wildman–Crippen MR) is 106 cm³/mol. The number of amides is 1. The van der Waals surface area contributed by atoms with Crippen molar-refractivity contribution in [2.75, 3.05) is 21.9 Å². The van der Waals surface area contributed by atoms with Crippen LogP contribution in [-0.4, -0.2) is 26.6 Å². The number of rotatable bonds is 4. The topological polar surface area (TPSA) is 66.5 Å². The minimum atomic E-state index is -3.26. The molecule has 1 N–H and O–H groups in total. The molecule has 1 amide bonds. The molecule has 0 aliphatic carbocycles. The summed E-state index contributed by atoms with van der Waals surface area (Å²) in [5, 5.41) is 3.36. The first-order valence-corrected chi connectivity index (χ1v) is 10.2. The minimum absolute atomic E-state index is 0.156. The number of nitrogens with one attached hydrogen (secondary N) is 1. The molecule has 2 aromatic rings. The molecule has 1 fully saturated rings. The highest BCUT2D eigenvalue weighted by molar-refractivity contribution is 7.93. The van der Waals surface area contributed by atoms with E-state index in [1.165, 1.54) is 10.4 Å². The molecule has 3 rings (SSSR count). The second-order valence-corrected chi connectivity index (χ2v) is 8.51. The first-order valence-electron chi connectivity index (χ1n) is 8.21. The van der Waals surface area contributed by atoms with E-state index in [-0.39, 0.29) is 11.7 Å². The number of hydrogen-bond donors (Lipinski definition) is 1. The highest BCUT2D eigenvalue weighted by Crippen LogP contribution is 2.28. The second-order valence-electron chi connectivity index (χ2n) is 6.09. The van der Waals surface area contributed by atoms with Gasteiger partial charge in [0.2, 0.25) is 15.9 Å². The average molecular weight is 391 g/mol. The molecule has 1 aliphatic heterocycles. The lowest BCUT2D eigenvalue weighted by Gasteiger charge is -2.18. The smallest absolute Gasteiger partial charge is 0.248 e. The zero-order chi connectivity index (χ0) is 18.7. The molecule has 5 nitrogen and oxygen atoms in total. The van der Waals surface area contributed by atoms with Gasteiger partial charge in [0, 0.05) is 23.3 Å². The number of halogens is 1. The third-order valence-electron chi connectivity index (χ3n) is 4.19. The molecule has 0 radical (unpaired) electrons. The number of hydrogen-bond acceptors (Lipinski definition) is 3. The Labute approximate surface area is 158 Å². The van der Waals surface area contributed by atoms with Crippen LogP contribution in [0.3, 0.4) is 0 Å². The first-order chi connectivity index (χ1) is 12.4. The summed E-state index contributed by atoms with van der Waals surface area (Å²) in [5.74, 6) is -0.155. The molecule has 0 atom stereocenters. The highest BCUT2D eigenvalue weighted by atomic mass is 35.5. The van der Waals surface area contributed by atoms with Crippen molar-refractivity contribution in [1.82, 2.24) is 0 Å². The summed E-state index contributed by atoms with van der Waals surface area (Å²) in [5.41, 5.74) is 2.75. The van der Waals surface area contributed by atoms with E-state index in [4.69, 9.17) is 11.6 Å². The summed E-state index contributed by atoms with van der Waals surface area (Å²) < 4.78 is 25.6. The average Bonchev–Trinajstić information content (AvgIpc) is 2.95. The van der Waals surface area contributed by atoms with Crippen LogP contribution in [0.25, 0.3) is 6.08 Å². The molecule has 1 heterocycles. The molecular formula is C19H19ClN2O3S. The van der Waals surface area contributed by atoms with E-state index in [0.717, 1.165) is 11.1 Å². The van der Waals surface area contributed by atoms with Crippen LogP contribution >= 0.6 is 11.6 Å². The molecule has 0 unspecified atom stereocenters. The molecule has 0 bridgehead atoms. The van der Waals surface area contributed by atoms with Gasteiger partial charge in [0.15, 0.2) is 0 Å². The van der Waals surface area contributed by atoms with E-state index in [2.05, 4.69) is 5.32 Å². The largest absolute Gasteiger partial charge is 0.322 e. The summed E-state index contributed by atoms with van der Waals surface area (Å²) in [6.07, 6.45) is 3.65. The Morgan fingerprint density at radius 2 is 2.00 bits per heavy atom. The fraction of sp³-hybridized carbons (Fsp3) is 0.211. The lowest BCUT2D eigenvalue weighted by atomic mass is 10.1. The van der Waals surface area contributed by atoms with Crippen LogP contribution in [0, 0.1) is 6.92 Å². The van der Waals surface area contributed by atoms with Crippen molar-refractivity contribution in [3.63, 3.8) is 0 Å². The van der Waals surface area contributed by atoms with Crippen molar-refractivity contribution in [1.29, 1.82) is 0 Å². The van der Waals surface area contributed by atoms with E-state index >= 15 is 0 Å². The molecule has 0 aromatic heterocycles. The van der Waals surface area contributed by atoms with Crippen molar-refractivity contribution in [3.8, 4) is 0 Å². The van der Waals surface area contributed by atoms with Gasteiger partial charge in [-0.3, -0.25) is 9.10 Å². The van der Waals surface area contributed by atoms with Crippen molar-refractivity contribution in [2.45, 2.75) is 13.3 Å². The predicted octanol–water partition coefficient (Wildman–Crippen LogP) is 3.84. The summed E-state index contributed by atoms with van der Waals surface area (Å²) in [6.45, 7) is 2.32. The normalized spacial score (nSPS) is 16.2. The molecule has 26 heavy (non-hydrogen) atoms. The van der Waals surface area contributed by atoms with Gasteiger partial charge in [-0.25, -0.2) is 8.42 Å². The number of sulfonamides is 1. The van der Waals surface area contributed by atoms with Gasteiger partial charge in [0.25, 0.3) is 0 Å². The highest BCUT2D eigenvalue weighted by Gasteiger charge is 2.28. The maximum Gasteiger partial charge on any atom is 0.248 e. The van der Waals surface area contributed by atoms with Crippen molar-refractivity contribution in [3.05, 3.63) is 64.7 Å². The summed E-state index contributed by atoms with van der Waals surface area (Å²) in [4.78, 5) is 12.2. The van der Waals surface area contributed by atoms with E-state index < -0.39 is 10.0 Å². The van der Waals surface area contributed by atoms with Crippen LogP contribution in [-0.2, 0) is 14.8 Å². The Bertz CT molecular complexity index is 970. The maximum atomic E-state index is 12.2. The fourth-order valence-electron chi connectivity index (χ4n) is 2.78. The zero-order valence-corrected chi connectivity index (χ0v) is 15.8. The molecule has 0 saturated carbocycles. The van der Waals surface area contributed by atoms with Crippen LogP contribution in [0.15, 0.2) is 48.5 Å². The van der Waals surface area contributed by atoms with E-state index in [9.17, 15) is 13.2 Å². The number of carbonyl (C=O) groups is 1. The van der Waals surface area contributed by atoms with Crippen molar-refractivity contribution in [2.24, 2.45) is 0 Å². The fourth-order valence-corrected chi connectivity index (χ4v) is 4.53. The van der Waals surface area contributed by atoms with Gasteiger partial charge >= 0.3 is 0 Å². The van der Waals surface area contributed by atoms with Gasteiger partial charge in [0.1, 0.15) is 0 Å². The van der Waals surface area contributed by atoms with Crippen LogP contribution in [0.5, 0.6) is 0 Å². The quantitative estimate of drug-likeness (QED) is 0.806. The Kier molecular flexibility index (Phi) is 5.34. The van der Waals surface area contributed by atoms with Gasteiger partial charge in [-0.2, -0.15) is 0 Å². The van der Waals surface area contributed by atoms with E-state index in [1.807, 2.05) is 25.1 Å². The van der Waals surface area contributed by atoms with Crippen LogP contribution in [0.2, 0.25) is 5.02 Å². The summed E-state index contributed by atoms with van der Waals surface area (Å²) >= 11 is 6.07. The molecule has 1 saturated heterocycles. The van der Waals surface area contributed by atoms with Gasteiger partial charge in [-0.15, -0.1) is 0 Å². The minimum Gasteiger partial charge on any atom is -0.322 e. The third-order valence-corrected chi connectivity index (χ3v) is 6.40. The molecular weight excluding hydrogens is 372 g/mol. The standard InChI is InChI=1S/C19H19ClN2O3S/c1-14-7-9-16(22-11-4-12-26(22,24)25)13-18(14)21-19(23)10-8-15-5-2-3-6-17(15)20/h2-3,5-10,13H,4,11-12H2,1H3,(H,21,23)/b10-8+. The lowest BCUT2D eigenvalue weighted by Crippen LogP contribution is -2.25. The molecule has 136 valence electrons. The Morgan fingerprint density at radius 1 is 1.23 bits per heavy atom. The van der Waals surface area contributed by atoms with Crippen LogP contribution in [0.4, 0.5) is 11.4 Å². The molecule has 7 heteroatoms. The molecule has 1 aliphatic rings. The van der Waals surface area contributed by atoms with Gasteiger partial charge in [0.05, 0.1) is 11.4 Å². The van der Waals surface area contributed by atoms with Gasteiger partial charge in [-0.05, 0) is 48.7 Å². The van der Waals surface area contributed by atoms with Crippen LogP contribution < -0.4 is 9.62 Å². The maximum absolute atomic E-state index is 12.2. The summed E-state index contributed by atoms with van der Waals surface area (Å²) in [6, 6.07) is 12.5. The summed E-state index contributed by atoms with van der Waals surface area (Å²) in [7, 11) is -3.26. The van der Waals surface area contributed by atoms with Gasteiger partial charge < -0.3 is 5.32 Å². The third kappa shape index (κ3) is 4.08.